The number of aromatic nitrogens is 1. The Morgan fingerprint density at radius 2 is 1.90 bits per heavy atom. The number of aryl methyl sites for hydroxylation is 1. The lowest BCUT2D eigenvalue weighted by atomic mass is 9.98. The van der Waals surface area contributed by atoms with Crippen molar-refractivity contribution in [3.63, 3.8) is 0 Å². The van der Waals surface area contributed by atoms with Crippen molar-refractivity contribution < 1.29 is 32.9 Å². The SMILES string of the molecule is Cc1cccc(-c2ccc(Oc3ccc(F)c4c3CC[C@H]4Oc3ccc4c(c3)OCC4CC(=O)O)c(F)c2)n1. The Bertz CT molecular complexity index is 1590. The predicted octanol–water partition coefficient (Wildman–Crippen LogP) is 7.14. The summed E-state index contributed by atoms with van der Waals surface area (Å²) in [5.74, 6) is -0.554. The van der Waals surface area contributed by atoms with Crippen LogP contribution in [0.15, 0.2) is 66.7 Å². The summed E-state index contributed by atoms with van der Waals surface area (Å²) < 4.78 is 47.8. The lowest BCUT2D eigenvalue weighted by Crippen LogP contribution is -2.07. The van der Waals surface area contributed by atoms with E-state index in [2.05, 4.69) is 4.98 Å². The summed E-state index contributed by atoms with van der Waals surface area (Å²) in [7, 11) is 0. The minimum atomic E-state index is -0.882. The van der Waals surface area contributed by atoms with Gasteiger partial charge in [0.05, 0.1) is 18.7 Å². The quantitative estimate of drug-likeness (QED) is 0.274. The highest BCUT2D eigenvalue weighted by atomic mass is 19.1. The highest BCUT2D eigenvalue weighted by molar-refractivity contribution is 5.69. The monoisotopic (exact) mass is 529 g/mol. The first-order chi connectivity index (χ1) is 18.9. The van der Waals surface area contributed by atoms with E-state index in [0.717, 1.165) is 11.3 Å². The molecule has 1 N–H and O–H groups in total. The first-order valence-electron chi connectivity index (χ1n) is 12.7. The molecule has 0 bridgehead atoms. The van der Waals surface area contributed by atoms with Gasteiger partial charge in [-0.15, -0.1) is 0 Å². The topological polar surface area (TPSA) is 77.9 Å². The maximum Gasteiger partial charge on any atom is 0.304 e. The van der Waals surface area contributed by atoms with E-state index in [1.54, 1.807) is 30.3 Å². The smallest absolute Gasteiger partial charge is 0.304 e. The van der Waals surface area contributed by atoms with Gasteiger partial charge in [0.1, 0.15) is 29.2 Å². The van der Waals surface area contributed by atoms with Crippen molar-refractivity contribution >= 4 is 5.97 Å². The Morgan fingerprint density at radius 3 is 2.69 bits per heavy atom. The van der Waals surface area contributed by atoms with Gasteiger partial charge in [0, 0.05) is 39.9 Å². The van der Waals surface area contributed by atoms with Gasteiger partial charge in [0.2, 0.25) is 0 Å². The van der Waals surface area contributed by atoms with Crippen LogP contribution in [0.2, 0.25) is 0 Å². The molecule has 6 nitrogen and oxygen atoms in total. The third-order valence-electron chi connectivity index (χ3n) is 7.14. The van der Waals surface area contributed by atoms with E-state index in [4.69, 9.17) is 19.3 Å². The summed E-state index contributed by atoms with van der Waals surface area (Å²) >= 11 is 0. The van der Waals surface area contributed by atoms with E-state index in [1.807, 2.05) is 25.1 Å². The molecule has 8 heteroatoms. The molecule has 1 unspecified atom stereocenters. The second-order valence-corrected chi connectivity index (χ2v) is 9.80. The van der Waals surface area contributed by atoms with Crippen molar-refractivity contribution in [3.8, 4) is 34.3 Å². The van der Waals surface area contributed by atoms with Crippen LogP contribution in [0.25, 0.3) is 11.3 Å². The van der Waals surface area contributed by atoms with Crippen molar-refractivity contribution in [3.05, 3.63) is 101 Å². The molecular formula is C31H25F2NO5. The van der Waals surface area contributed by atoms with Crippen LogP contribution in [0.1, 0.15) is 47.2 Å². The summed E-state index contributed by atoms with van der Waals surface area (Å²) in [5, 5.41) is 9.11. The van der Waals surface area contributed by atoms with Crippen LogP contribution in [-0.4, -0.2) is 22.7 Å². The molecule has 0 fully saturated rings. The van der Waals surface area contributed by atoms with Crippen LogP contribution in [-0.2, 0) is 11.2 Å². The molecule has 3 aromatic carbocycles. The lowest BCUT2D eigenvalue weighted by molar-refractivity contribution is -0.137. The van der Waals surface area contributed by atoms with Gasteiger partial charge in [-0.1, -0.05) is 12.1 Å². The minimum Gasteiger partial charge on any atom is -0.492 e. The number of pyridine rings is 1. The van der Waals surface area contributed by atoms with Gasteiger partial charge >= 0.3 is 5.97 Å². The summed E-state index contributed by atoms with van der Waals surface area (Å²) in [6.45, 7) is 2.17. The summed E-state index contributed by atoms with van der Waals surface area (Å²) in [6, 6.07) is 18.3. The number of halogens is 2. The zero-order valence-corrected chi connectivity index (χ0v) is 21.1. The van der Waals surface area contributed by atoms with Gasteiger partial charge in [0.25, 0.3) is 0 Å². The number of carboxylic acid groups (broad SMARTS) is 1. The zero-order valence-electron chi connectivity index (χ0n) is 21.1. The number of carboxylic acids is 1. The largest absolute Gasteiger partial charge is 0.492 e. The van der Waals surface area contributed by atoms with E-state index in [0.29, 0.717) is 59.1 Å². The molecule has 2 atom stereocenters. The molecule has 1 aliphatic heterocycles. The van der Waals surface area contributed by atoms with Crippen LogP contribution < -0.4 is 14.2 Å². The second-order valence-electron chi connectivity index (χ2n) is 9.80. The van der Waals surface area contributed by atoms with Gasteiger partial charge < -0.3 is 19.3 Å². The molecule has 198 valence electrons. The molecule has 0 spiro atoms. The highest BCUT2D eigenvalue weighted by Crippen LogP contribution is 2.44. The second kappa shape index (κ2) is 10.0. The Hall–Kier alpha value is -4.46. The summed E-state index contributed by atoms with van der Waals surface area (Å²) in [5.41, 5.74) is 3.99. The van der Waals surface area contributed by atoms with Crippen LogP contribution in [0.4, 0.5) is 8.78 Å². The summed E-state index contributed by atoms with van der Waals surface area (Å²) in [4.78, 5) is 15.5. The number of benzene rings is 3. The number of ether oxygens (including phenoxy) is 3. The van der Waals surface area contributed by atoms with E-state index in [1.165, 1.54) is 18.2 Å². The maximum absolute atomic E-state index is 15.0. The number of hydrogen-bond donors (Lipinski definition) is 1. The molecule has 0 saturated carbocycles. The van der Waals surface area contributed by atoms with Gasteiger partial charge in [-0.2, -0.15) is 0 Å². The van der Waals surface area contributed by atoms with E-state index < -0.39 is 23.7 Å². The van der Waals surface area contributed by atoms with Crippen LogP contribution >= 0.6 is 0 Å². The molecule has 1 aromatic heterocycles. The fraction of sp³-hybridized carbons (Fsp3) is 0.226. The maximum atomic E-state index is 15.0. The molecule has 2 heterocycles. The van der Waals surface area contributed by atoms with Gasteiger partial charge in [-0.3, -0.25) is 9.78 Å². The first-order valence-corrected chi connectivity index (χ1v) is 12.7. The lowest BCUT2D eigenvalue weighted by Gasteiger charge is -2.17. The predicted molar refractivity (Wildman–Crippen MR) is 139 cm³/mol. The van der Waals surface area contributed by atoms with Crippen molar-refractivity contribution in [1.29, 1.82) is 0 Å². The van der Waals surface area contributed by atoms with Crippen molar-refractivity contribution in [2.24, 2.45) is 0 Å². The third-order valence-corrected chi connectivity index (χ3v) is 7.14. The highest BCUT2D eigenvalue weighted by Gasteiger charge is 2.32. The number of aliphatic carboxylic acids is 1. The molecule has 39 heavy (non-hydrogen) atoms. The molecule has 0 saturated heterocycles. The Labute approximate surface area is 223 Å². The fourth-order valence-corrected chi connectivity index (χ4v) is 5.29. The van der Waals surface area contributed by atoms with Gasteiger partial charge in [-0.05, 0) is 68.3 Å². The van der Waals surface area contributed by atoms with Gasteiger partial charge in [-0.25, -0.2) is 8.78 Å². The Balaban J connectivity index is 1.22. The molecule has 4 aromatic rings. The molecular weight excluding hydrogens is 504 g/mol. The standard InChI is InChI=1S/C31H25F2NO5/c1-17-3-2-4-25(34-17)18-5-10-27(24(33)13-18)39-26-12-9-23(32)31-22(26)8-11-28(31)38-20-6-7-21-19(14-30(35)36)16-37-29(21)15-20/h2-7,9-10,12-13,15,19,28H,8,11,14,16H2,1H3,(H,35,36)/t19?,28-/m1/s1. The average Bonchev–Trinajstić information content (AvgIpc) is 3.51. The number of carbonyl (C=O) groups is 1. The molecule has 6 rings (SSSR count). The number of fused-ring (bicyclic) bond motifs is 2. The zero-order chi connectivity index (χ0) is 27.1. The minimum absolute atomic E-state index is 0.0106. The Kier molecular flexibility index (Phi) is 6.38. The van der Waals surface area contributed by atoms with Crippen LogP contribution in [0.3, 0.4) is 0 Å². The normalized spacial score (nSPS) is 17.3. The molecule has 2 aliphatic rings. The third kappa shape index (κ3) is 4.90. The van der Waals surface area contributed by atoms with E-state index in [9.17, 15) is 4.79 Å². The summed E-state index contributed by atoms with van der Waals surface area (Å²) in [6.07, 6.45) is 0.454. The fourth-order valence-electron chi connectivity index (χ4n) is 5.29. The Morgan fingerprint density at radius 1 is 1.05 bits per heavy atom. The van der Waals surface area contributed by atoms with Crippen LogP contribution in [0.5, 0.6) is 23.0 Å². The van der Waals surface area contributed by atoms with Crippen LogP contribution in [0, 0.1) is 18.6 Å². The first kappa shape index (κ1) is 24.9. The van der Waals surface area contributed by atoms with E-state index >= 15 is 8.78 Å². The molecule has 0 radical (unpaired) electrons. The van der Waals surface area contributed by atoms with E-state index in [-0.39, 0.29) is 18.1 Å². The van der Waals surface area contributed by atoms with Gasteiger partial charge in [0.15, 0.2) is 11.6 Å². The number of rotatable bonds is 7. The number of nitrogens with zero attached hydrogens (tertiary/aromatic N) is 1. The number of hydrogen-bond acceptors (Lipinski definition) is 5. The van der Waals surface area contributed by atoms with Crippen molar-refractivity contribution in [2.45, 2.75) is 38.2 Å². The molecule has 1 aliphatic carbocycles. The average molecular weight is 530 g/mol. The van der Waals surface area contributed by atoms with Crippen molar-refractivity contribution in [2.75, 3.05) is 6.61 Å². The molecule has 0 amide bonds. The van der Waals surface area contributed by atoms with Crippen molar-refractivity contribution in [1.82, 2.24) is 4.98 Å².